The molecule has 5 nitrogen and oxygen atoms in total. The molecule has 5 heteroatoms. The number of hydrogen-bond donors (Lipinski definition) is 1. The van der Waals surface area contributed by atoms with Gasteiger partial charge in [0.05, 0.1) is 0 Å². The summed E-state index contributed by atoms with van der Waals surface area (Å²) in [4.78, 5) is 14.1. The second-order valence-electron chi connectivity index (χ2n) is 2.74. The van der Waals surface area contributed by atoms with Gasteiger partial charge < -0.3 is 5.32 Å². The lowest BCUT2D eigenvalue weighted by molar-refractivity contribution is 0.0958. The topological polar surface area (TPSA) is 77.9 Å². The van der Waals surface area contributed by atoms with Crippen molar-refractivity contribution in [1.82, 2.24) is 5.32 Å². The molecule has 0 heterocycles. The number of rotatable bonds is 4. The molecule has 0 aromatic heterocycles. The molecule has 0 saturated heterocycles. The molecule has 0 saturated carbocycles. The molecule has 1 aromatic rings. The molecular weight excluding hydrogens is 192 g/mol. The standard InChI is InChI=1S/C10H10N4O/c1-2-7-12-10(15)8-3-5-9(6-4-8)13-14-11/h2-6H,1,7H2,(H,12,15). The molecule has 0 spiro atoms. The van der Waals surface area contributed by atoms with Crippen molar-refractivity contribution in [2.24, 2.45) is 5.11 Å². The van der Waals surface area contributed by atoms with E-state index >= 15 is 0 Å². The van der Waals surface area contributed by atoms with E-state index in [0.29, 0.717) is 17.8 Å². The number of carbonyl (C=O) groups is 1. The minimum atomic E-state index is -0.178. The average molecular weight is 202 g/mol. The maximum absolute atomic E-state index is 11.4. The van der Waals surface area contributed by atoms with Gasteiger partial charge in [-0.2, -0.15) is 0 Å². The Morgan fingerprint density at radius 1 is 1.53 bits per heavy atom. The van der Waals surface area contributed by atoms with Crippen LogP contribution in [-0.4, -0.2) is 12.5 Å². The maximum Gasteiger partial charge on any atom is 0.251 e. The van der Waals surface area contributed by atoms with Crippen molar-refractivity contribution in [3.8, 4) is 0 Å². The molecular formula is C10H10N4O. The Balaban J connectivity index is 2.74. The van der Waals surface area contributed by atoms with Crippen LogP contribution in [0.3, 0.4) is 0 Å². The van der Waals surface area contributed by atoms with Crippen molar-refractivity contribution in [2.45, 2.75) is 0 Å². The highest BCUT2D eigenvalue weighted by atomic mass is 16.1. The highest BCUT2D eigenvalue weighted by Gasteiger charge is 2.02. The second kappa shape index (κ2) is 5.47. The minimum Gasteiger partial charge on any atom is -0.349 e. The predicted octanol–water partition coefficient (Wildman–Crippen LogP) is 2.54. The van der Waals surface area contributed by atoms with Gasteiger partial charge in [-0.1, -0.05) is 23.3 Å². The Bertz CT molecular complexity index is 404. The van der Waals surface area contributed by atoms with Gasteiger partial charge in [0.25, 0.3) is 5.91 Å². The minimum absolute atomic E-state index is 0.178. The molecule has 0 radical (unpaired) electrons. The van der Waals surface area contributed by atoms with E-state index in [4.69, 9.17) is 5.53 Å². The van der Waals surface area contributed by atoms with Crippen molar-refractivity contribution in [1.29, 1.82) is 0 Å². The average Bonchev–Trinajstić information content (AvgIpc) is 2.27. The molecule has 0 aliphatic rings. The van der Waals surface area contributed by atoms with Gasteiger partial charge in [-0.15, -0.1) is 6.58 Å². The van der Waals surface area contributed by atoms with Crippen LogP contribution in [-0.2, 0) is 0 Å². The molecule has 0 unspecified atom stereocenters. The van der Waals surface area contributed by atoms with Crippen molar-refractivity contribution in [2.75, 3.05) is 6.54 Å². The van der Waals surface area contributed by atoms with Crippen molar-refractivity contribution in [3.05, 3.63) is 52.9 Å². The first-order chi connectivity index (χ1) is 7.27. The third-order valence-corrected chi connectivity index (χ3v) is 1.70. The largest absolute Gasteiger partial charge is 0.349 e. The van der Waals surface area contributed by atoms with E-state index in [1.165, 1.54) is 0 Å². The lowest BCUT2D eigenvalue weighted by atomic mass is 10.2. The fraction of sp³-hybridized carbons (Fsp3) is 0.100. The van der Waals surface area contributed by atoms with E-state index in [-0.39, 0.29) is 5.91 Å². The molecule has 1 N–H and O–H groups in total. The summed E-state index contributed by atoms with van der Waals surface area (Å²) in [5.74, 6) is -0.178. The lowest BCUT2D eigenvalue weighted by Gasteiger charge is -2.01. The first kappa shape index (κ1) is 10.8. The summed E-state index contributed by atoms with van der Waals surface area (Å²) in [6.07, 6.45) is 1.60. The summed E-state index contributed by atoms with van der Waals surface area (Å²) in [6, 6.07) is 6.37. The number of azide groups is 1. The Labute approximate surface area is 87.0 Å². The summed E-state index contributed by atoms with van der Waals surface area (Å²) in [6.45, 7) is 3.92. The van der Waals surface area contributed by atoms with Crippen LogP contribution in [0.15, 0.2) is 42.0 Å². The number of nitrogens with zero attached hydrogens (tertiary/aromatic N) is 3. The van der Waals surface area contributed by atoms with Crippen molar-refractivity contribution < 1.29 is 4.79 Å². The fourth-order valence-corrected chi connectivity index (χ4v) is 0.998. The first-order valence-electron chi connectivity index (χ1n) is 4.32. The number of carbonyl (C=O) groups excluding carboxylic acids is 1. The predicted molar refractivity (Wildman–Crippen MR) is 57.8 cm³/mol. The summed E-state index contributed by atoms with van der Waals surface area (Å²) in [5, 5.41) is 6.04. The molecule has 76 valence electrons. The molecule has 0 aliphatic carbocycles. The van der Waals surface area contributed by atoms with Crippen LogP contribution in [0.4, 0.5) is 5.69 Å². The van der Waals surface area contributed by atoms with Gasteiger partial charge in [0.2, 0.25) is 0 Å². The maximum atomic E-state index is 11.4. The summed E-state index contributed by atoms with van der Waals surface area (Å²) in [5.41, 5.74) is 9.19. The lowest BCUT2D eigenvalue weighted by Crippen LogP contribution is -2.22. The zero-order valence-corrected chi connectivity index (χ0v) is 8.05. The van der Waals surface area contributed by atoms with E-state index in [1.54, 1.807) is 30.3 Å². The van der Waals surface area contributed by atoms with E-state index in [9.17, 15) is 4.79 Å². The quantitative estimate of drug-likeness (QED) is 0.346. The molecule has 0 aliphatic heterocycles. The van der Waals surface area contributed by atoms with E-state index in [1.807, 2.05) is 0 Å². The van der Waals surface area contributed by atoms with Crippen LogP contribution in [0, 0.1) is 0 Å². The molecule has 1 amide bonds. The fourth-order valence-electron chi connectivity index (χ4n) is 0.998. The smallest absolute Gasteiger partial charge is 0.251 e. The number of nitrogens with one attached hydrogen (secondary N) is 1. The Hall–Kier alpha value is -2.26. The van der Waals surface area contributed by atoms with Gasteiger partial charge in [0.1, 0.15) is 0 Å². The van der Waals surface area contributed by atoms with Crippen molar-refractivity contribution in [3.63, 3.8) is 0 Å². The number of benzene rings is 1. The van der Waals surface area contributed by atoms with Crippen LogP contribution in [0.5, 0.6) is 0 Å². The van der Waals surface area contributed by atoms with Gasteiger partial charge in [0, 0.05) is 22.7 Å². The molecule has 1 aromatic carbocycles. The van der Waals surface area contributed by atoms with Gasteiger partial charge in [-0.3, -0.25) is 4.79 Å². The SMILES string of the molecule is C=CCNC(=O)c1ccc(N=[N+]=[N-])cc1. The zero-order valence-electron chi connectivity index (χ0n) is 8.05. The van der Waals surface area contributed by atoms with E-state index < -0.39 is 0 Å². The second-order valence-corrected chi connectivity index (χ2v) is 2.74. The Kier molecular flexibility index (Phi) is 3.94. The van der Waals surface area contributed by atoms with Gasteiger partial charge in [-0.25, -0.2) is 0 Å². The van der Waals surface area contributed by atoms with E-state index in [2.05, 4.69) is 21.9 Å². The summed E-state index contributed by atoms with van der Waals surface area (Å²) < 4.78 is 0. The Morgan fingerprint density at radius 3 is 2.73 bits per heavy atom. The van der Waals surface area contributed by atoms with Crippen LogP contribution in [0.2, 0.25) is 0 Å². The monoisotopic (exact) mass is 202 g/mol. The molecule has 15 heavy (non-hydrogen) atoms. The molecule has 1 rings (SSSR count). The third-order valence-electron chi connectivity index (χ3n) is 1.70. The van der Waals surface area contributed by atoms with Gasteiger partial charge in [-0.05, 0) is 17.7 Å². The van der Waals surface area contributed by atoms with Crippen molar-refractivity contribution >= 4 is 11.6 Å². The normalized spacial score (nSPS) is 8.80. The first-order valence-corrected chi connectivity index (χ1v) is 4.32. The number of hydrogen-bond acceptors (Lipinski definition) is 2. The highest BCUT2D eigenvalue weighted by molar-refractivity contribution is 5.94. The van der Waals surface area contributed by atoms with Crippen LogP contribution < -0.4 is 5.32 Å². The molecule has 0 atom stereocenters. The zero-order chi connectivity index (χ0) is 11.1. The summed E-state index contributed by atoms with van der Waals surface area (Å²) >= 11 is 0. The highest BCUT2D eigenvalue weighted by Crippen LogP contribution is 2.12. The van der Waals surface area contributed by atoms with Gasteiger partial charge in [0.15, 0.2) is 0 Å². The third kappa shape index (κ3) is 3.17. The molecule has 0 bridgehead atoms. The number of amides is 1. The van der Waals surface area contributed by atoms with Crippen LogP contribution >= 0.6 is 0 Å². The van der Waals surface area contributed by atoms with Crippen LogP contribution in [0.1, 0.15) is 10.4 Å². The van der Waals surface area contributed by atoms with Gasteiger partial charge >= 0.3 is 0 Å². The molecule has 0 fully saturated rings. The Morgan fingerprint density at radius 2 is 2.20 bits per heavy atom. The van der Waals surface area contributed by atoms with Crippen LogP contribution in [0.25, 0.3) is 10.4 Å². The van der Waals surface area contributed by atoms with E-state index in [0.717, 1.165) is 0 Å². The summed E-state index contributed by atoms with van der Waals surface area (Å²) in [7, 11) is 0.